The van der Waals surface area contributed by atoms with Crippen LogP contribution in [0.5, 0.6) is 0 Å². The van der Waals surface area contributed by atoms with E-state index in [0.717, 1.165) is 37.2 Å². The highest BCUT2D eigenvalue weighted by molar-refractivity contribution is 8.18. The van der Waals surface area contributed by atoms with E-state index in [1.807, 2.05) is 12.1 Å². The van der Waals surface area contributed by atoms with E-state index < -0.39 is 0 Å². The molecule has 8 heteroatoms. The molecule has 4 rings (SSSR count). The second-order valence-corrected chi connectivity index (χ2v) is 7.29. The van der Waals surface area contributed by atoms with Gasteiger partial charge in [-0.2, -0.15) is 10.3 Å². The number of amides is 1. The van der Waals surface area contributed by atoms with E-state index in [0.29, 0.717) is 23.3 Å². The molecule has 0 saturated carbocycles. The Balaban J connectivity index is 1.39. The van der Waals surface area contributed by atoms with Crippen molar-refractivity contribution < 1.29 is 14.3 Å². The summed E-state index contributed by atoms with van der Waals surface area (Å²) in [5, 5.41) is 11.3. The van der Waals surface area contributed by atoms with Gasteiger partial charge in [0.25, 0.3) is 5.91 Å². The molecule has 1 aromatic rings. The van der Waals surface area contributed by atoms with Crippen LogP contribution < -0.4 is 10.2 Å². The van der Waals surface area contributed by atoms with Gasteiger partial charge in [-0.15, -0.1) is 0 Å². The van der Waals surface area contributed by atoms with Gasteiger partial charge in [0, 0.05) is 31.6 Å². The summed E-state index contributed by atoms with van der Waals surface area (Å²) in [7, 11) is 0. The average Bonchev–Trinajstić information content (AvgIpc) is 3.24. The lowest BCUT2D eigenvalue weighted by atomic mass is 10.0. The summed E-state index contributed by atoms with van der Waals surface area (Å²) in [6.07, 6.45) is 5.30. The third-order valence-electron chi connectivity index (χ3n) is 4.68. The van der Waals surface area contributed by atoms with Crippen LogP contribution >= 0.6 is 11.8 Å². The van der Waals surface area contributed by atoms with Crippen LogP contribution in [0.1, 0.15) is 18.4 Å². The smallest absolute Gasteiger partial charge is 0.286 e. The van der Waals surface area contributed by atoms with E-state index in [2.05, 4.69) is 27.3 Å². The fourth-order valence-electron chi connectivity index (χ4n) is 3.33. The fourth-order valence-corrected chi connectivity index (χ4v) is 4.10. The second kappa shape index (κ2) is 7.11. The highest BCUT2D eigenvalue weighted by Gasteiger charge is 2.39. The number of carbonyl (C=O) groups excluding carboxylic acids is 1. The van der Waals surface area contributed by atoms with Gasteiger partial charge in [0.15, 0.2) is 17.1 Å². The van der Waals surface area contributed by atoms with Crippen molar-refractivity contribution in [1.29, 1.82) is 5.26 Å². The molecule has 134 valence electrons. The number of nitriles is 1. The Labute approximate surface area is 155 Å². The average molecular weight is 370 g/mol. The lowest BCUT2D eigenvalue weighted by molar-refractivity contribution is -0.169. The Bertz CT molecular complexity index is 797. The van der Waals surface area contributed by atoms with Gasteiger partial charge in [-0.25, -0.2) is 0 Å². The zero-order valence-corrected chi connectivity index (χ0v) is 14.9. The van der Waals surface area contributed by atoms with Crippen LogP contribution in [0.25, 0.3) is 6.08 Å². The van der Waals surface area contributed by atoms with E-state index in [9.17, 15) is 4.79 Å². The number of thioether (sulfide) groups is 1. The lowest BCUT2D eigenvalue weighted by Gasteiger charge is -2.38. The predicted octanol–water partition coefficient (Wildman–Crippen LogP) is 2.07. The van der Waals surface area contributed by atoms with Crippen LogP contribution in [-0.2, 0) is 14.3 Å². The highest BCUT2D eigenvalue weighted by Crippen LogP contribution is 2.33. The molecular weight excluding hydrogens is 352 g/mol. The third kappa shape index (κ3) is 3.46. The monoisotopic (exact) mass is 370 g/mol. The summed E-state index contributed by atoms with van der Waals surface area (Å²) in [6.45, 7) is 3.17. The number of ether oxygens (including phenoxy) is 2. The summed E-state index contributed by atoms with van der Waals surface area (Å²) in [6, 6.07) is 8.08. The summed E-state index contributed by atoms with van der Waals surface area (Å²) in [5.74, 6) is -0.689. The zero-order chi connectivity index (χ0) is 18.0. The molecule has 0 aliphatic carbocycles. The second-order valence-electron chi connectivity index (χ2n) is 6.26. The predicted molar refractivity (Wildman–Crippen MR) is 99.3 cm³/mol. The van der Waals surface area contributed by atoms with Crippen molar-refractivity contribution in [3.05, 3.63) is 34.7 Å². The molecule has 0 atom stereocenters. The summed E-state index contributed by atoms with van der Waals surface area (Å²) >= 11 is 1.17. The number of benzene rings is 1. The molecule has 1 aromatic carbocycles. The first-order valence-corrected chi connectivity index (χ1v) is 9.30. The fraction of sp³-hybridized carbons (Fsp3) is 0.389. The van der Waals surface area contributed by atoms with Gasteiger partial charge in [-0.05, 0) is 35.5 Å². The molecule has 3 heterocycles. The molecular formula is C18H18N4O3S. The first kappa shape index (κ1) is 17.1. The van der Waals surface area contributed by atoms with Gasteiger partial charge in [0.05, 0.1) is 18.1 Å². The summed E-state index contributed by atoms with van der Waals surface area (Å²) in [4.78, 5) is 18.5. The van der Waals surface area contributed by atoms with Crippen LogP contribution in [0.4, 0.5) is 5.69 Å². The molecule has 0 unspecified atom stereocenters. The maximum Gasteiger partial charge on any atom is 0.286 e. The molecule has 0 radical (unpaired) electrons. The number of anilines is 1. The standard InChI is InChI=1S/C18H18N4O3S/c19-12-20-17-21-16(23)15(26-17)11-13-1-3-14(4-2-13)22-7-5-18(6-8-22)24-9-10-25-18/h1-4,11H,5-10H2,(H,20,21,23). The van der Waals surface area contributed by atoms with Gasteiger partial charge in [-0.3, -0.25) is 10.1 Å². The first-order valence-electron chi connectivity index (χ1n) is 8.48. The van der Waals surface area contributed by atoms with E-state index in [1.165, 1.54) is 11.8 Å². The largest absolute Gasteiger partial charge is 0.371 e. The van der Waals surface area contributed by atoms with E-state index in [-0.39, 0.29) is 11.7 Å². The van der Waals surface area contributed by atoms with Gasteiger partial charge >= 0.3 is 0 Å². The van der Waals surface area contributed by atoms with Crippen LogP contribution in [0, 0.1) is 11.5 Å². The number of piperidine rings is 1. The first-order chi connectivity index (χ1) is 12.7. The number of carbonyl (C=O) groups is 1. The Morgan fingerprint density at radius 2 is 1.92 bits per heavy atom. The van der Waals surface area contributed by atoms with Crippen LogP contribution in [0.2, 0.25) is 0 Å². The van der Waals surface area contributed by atoms with Crippen LogP contribution in [0.3, 0.4) is 0 Å². The number of nitrogens with zero attached hydrogens (tertiary/aromatic N) is 3. The molecule has 0 bridgehead atoms. The van der Waals surface area contributed by atoms with E-state index >= 15 is 0 Å². The molecule has 26 heavy (non-hydrogen) atoms. The molecule has 7 nitrogen and oxygen atoms in total. The Morgan fingerprint density at radius 3 is 2.58 bits per heavy atom. The molecule has 1 N–H and O–H groups in total. The molecule has 0 aromatic heterocycles. The number of hydrogen-bond acceptors (Lipinski definition) is 7. The van der Waals surface area contributed by atoms with Crippen molar-refractivity contribution in [2.45, 2.75) is 18.6 Å². The maximum atomic E-state index is 11.8. The Morgan fingerprint density at radius 1 is 1.23 bits per heavy atom. The minimum atomic E-state index is -0.365. The minimum Gasteiger partial charge on any atom is -0.371 e. The topological polar surface area (TPSA) is 87.0 Å². The molecule has 2 fully saturated rings. The van der Waals surface area contributed by atoms with Crippen molar-refractivity contribution in [1.82, 2.24) is 5.32 Å². The van der Waals surface area contributed by atoms with Gasteiger partial charge < -0.3 is 14.4 Å². The molecule has 1 spiro atoms. The van der Waals surface area contributed by atoms with Gasteiger partial charge in [-0.1, -0.05) is 12.1 Å². The number of rotatable bonds is 2. The van der Waals surface area contributed by atoms with E-state index in [4.69, 9.17) is 14.7 Å². The third-order valence-corrected chi connectivity index (χ3v) is 5.58. The van der Waals surface area contributed by atoms with Crippen molar-refractivity contribution in [3.63, 3.8) is 0 Å². The zero-order valence-electron chi connectivity index (χ0n) is 14.1. The van der Waals surface area contributed by atoms with Crippen molar-refractivity contribution in [2.24, 2.45) is 4.99 Å². The summed E-state index contributed by atoms with van der Waals surface area (Å²) < 4.78 is 11.5. The van der Waals surface area contributed by atoms with Crippen LogP contribution in [-0.4, -0.2) is 43.2 Å². The minimum absolute atomic E-state index is 0.318. The number of nitrogens with one attached hydrogen (secondary N) is 1. The Hall–Kier alpha value is -2.34. The number of aliphatic imine (C=N–C) groups is 1. The van der Waals surface area contributed by atoms with Crippen LogP contribution in [0.15, 0.2) is 34.2 Å². The highest BCUT2D eigenvalue weighted by atomic mass is 32.2. The molecule has 1 amide bonds. The van der Waals surface area contributed by atoms with Crippen molar-refractivity contribution >= 4 is 34.6 Å². The summed E-state index contributed by atoms with van der Waals surface area (Å²) in [5.41, 5.74) is 2.07. The van der Waals surface area contributed by atoms with Gasteiger partial charge in [0.1, 0.15) is 0 Å². The number of hydrogen-bond donors (Lipinski definition) is 1. The molecule has 3 aliphatic rings. The SMILES string of the molecule is N#CNC1=NC(=O)C(=Cc2ccc(N3CCC4(CC3)OCCO4)cc2)S1. The number of amidine groups is 1. The van der Waals surface area contributed by atoms with Crippen molar-refractivity contribution in [2.75, 3.05) is 31.2 Å². The maximum absolute atomic E-state index is 11.8. The van der Waals surface area contributed by atoms with Gasteiger partial charge in [0.2, 0.25) is 0 Å². The van der Waals surface area contributed by atoms with E-state index in [1.54, 1.807) is 12.3 Å². The lowest BCUT2D eigenvalue weighted by Crippen LogP contribution is -2.45. The normalized spacial score (nSPS) is 23.3. The van der Waals surface area contributed by atoms with Crippen molar-refractivity contribution in [3.8, 4) is 6.19 Å². The Kier molecular flexibility index (Phi) is 4.68. The quantitative estimate of drug-likeness (QED) is 0.484. The molecule has 3 aliphatic heterocycles. The molecule has 2 saturated heterocycles.